The van der Waals surface area contributed by atoms with Gasteiger partial charge in [-0.2, -0.15) is 0 Å². The molecule has 0 spiro atoms. The summed E-state index contributed by atoms with van der Waals surface area (Å²) in [6.45, 7) is 7.76. The van der Waals surface area contributed by atoms with Gasteiger partial charge >= 0.3 is 0 Å². The van der Waals surface area contributed by atoms with Crippen molar-refractivity contribution in [2.45, 2.75) is 52.7 Å². The van der Waals surface area contributed by atoms with E-state index in [9.17, 15) is 15.0 Å². The van der Waals surface area contributed by atoms with E-state index in [1.807, 2.05) is 6.92 Å². The Morgan fingerprint density at radius 2 is 2.18 bits per heavy atom. The van der Waals surface area contributed by atoms with Crippen LogP contribution < -0.4 is 5.43 Å². The first-order valence-electron chi connectivity index (χ1n) is 8.12. The van der Waals surface area contributed by atoms with Crippen LogP contribution in [-0.2, 0) is 6.54 Å². The molecular weight excluding hydrogens is 280 g/mol. The van der Waals surface area contributed by atoms with Gasteiger partial charge in [-0.05, 0) is 33.2 Å². The third-order valence-electron chi connectivity index (χ3n) is 5.12. The number of aromatic amines is 1. The van der Waals surface area contributed by atoms with E-state index in [2.05, 4.69) is 16.8 Å². The number of aromatic nitrogens is 1. The van der Waals surface area contributed by atoms with Crippen molar-refractivity contribution in [2.75, 3.05) is 19.7 Å². The lowest BCUT2D eigenvalue weighted by molar-refractivity contribution is -0.0805. The van der Waals surface area contributed by atoms with Gasteiger partial charge in [0.05, 0.1) is 12.7 Å². The average Bonchev–Trinajstić information content (AvgIpc) is 2.51. The fourth-order valence-electron chi connectivity index (χ4n) is 3.46. The summed E-state index contributed by atoms with van der Waals surface area (Å²) in [5.74, 6) is 0. The van der Waals surface area contributed by atoms with Crippen LogP contribution in [-0.4, -0.2) is 45.9 Å². The van der Waals surface area contributed by atoms with E-state index in [4.69, 9.17) is 0 Å². The fourth-order valence-corrected chi connectivity index (χ4v) is 3.46. The molecule has 0 amide bonds. The van der Waals surface area contributed by atoms with E-state index in [-0.39, 0.29) is 17.5 Å². The molecule has 5 heteroatoms. The highest BCUT2D eigenvalue weighted by Crippen LogP contribution is 2.36. The molecule has 1 aromatic heterocycles. The van der Waals surface area contributed by atoms with Crippen LogP contribution in [0, 0.1) is 19.3 Å². The van der Waals surface area contributed by atoms with Crippen LogP contribution in [0.1, 0.15) is 43.0 Å². The minimum Gasteiger partial charge on any atom is -0.396 e. The predicted octanol–water partition coefficient (Wildman–Crippen LogP) is 1.34. The second-order valence-electron chi connectivity index (χ2n) is 6.68. The largest absolute Gasteiger partial charge is 0.396 e. The number of hydrogen-bond donors (Lipinski definition) is 3. The number of aliphatic hydroxyl groups is 2. The van der Waals surface area contributed by atoms with Crippen LogP contribution >= 0.6 is 0 Å². The molecule has 5 nitrogen and oxygen atoms in total. The number of aliphatic hydroxyl groups excluding tert-OH is 2. The molecule has 0 bridgehead atoms. The molecule has 22 heavy (non-hydrogen) atoms. The van der Waals surface area contributed by atoms with Crippen molar-refractivity contribution in [1.29, 1.82) is 0 Å². The summed E-state index contributed by atoms with van der Waals surface area (Å²) in [4.78, 5) is 17.4. The summed E-state index contributed by atoms with van der Waals surface area (Å²) >= 11 is 0. The molecule has 0 aliphatic carbocycles. The number of nitrogens with zero attached hydrogens (tertiary/aromatic N) is 1. The number of aryl methyl sites for hydroxylation is 1. The Balaban J connectivity index is 2.09. The van der Waals surface area contributed by atoms with Crippen molar-refractivity contribution in [2.24, 2.45) is 5.41 Å². The van der Waals surface area contributed by atoms with Gasteiger partial charge in [0.25, 0.3) is 0 Å². The van der Waals surface area contributed by atoms with E-state index < -0.39 is 6.10 Å². The summed E-state index contributed by atoms with van der Waals surface area (Å²) in [7, 11) is 0. The molecule has 124 valence electrons. The van der Waals surface area contributed by atoms with Crippen LogP contribution in [0.15, 0.2) is 11.0 Å². The van der Waals surface area contributed by atoms with Crippen molar-refractivity contribution in [1.82, 2.24) is 9.88 Å². The summed E-state index contributed by atoms with van der Waals surface area (Å²) < 4.78 is 0. The third-order valence-corrected chi connectivity index (χ3v) is 5.12. The number of rotatable bonds is 5. The first-order valence-corrected chi connectivity index (χ1v) is 8.12. The lowest BCUT2D eigenvalue weighted by Gasteiger charge is -2.44. The maximum absolute atomic E-state index is 12.0. The second-order valence-corrected chi connectivity index (χ2v) is 6.68. The Morgan fingerprint density at radius 3 is 2.77 bits per heavy atom. The van der Waals surface area contributed by atoms with Gasteiger partial charge in [-0.1, -0.05) is 13.3 Å². The highest BCUT2D eigenvalue weighted by Gasteiger charge is 2.41. The highest BCUT2D eigenvalue weighted by atomic mass is 16.3. The molecule has 0 saturated carbocycles. The van der Waals surface area contributed by atoms with Gasteiger partial charge in [-0.25, -0.2) is 0 Å². The monoisotopic (exact) mass is 308 g/mol. The van der Waals surface area contributed by atoms with Gasteiger partial charge in [-0.15, -0.1) is 0 Å². The Bertz CT molecular complexity index is 570. The van der Waals surface area contributed by atoms with Gasteiger partial charge in [0, 0.05) is 41.5 Å². The maximum atomic E-state index is 12.0. The number of nitrogens with one attached hydrogen (secondary N) is 1. The first kappa shape index (κ1) is 17.2. The number of piperidine rings is 1. The van der Waals surface area contributed by atoms with Crippen LogP contribution in [0.25, 0.3) is 0 Å². The van der Waals surface area contributed by atoms with E-state index in [1.54, 1.807) is 13.1 Å². The molecular formula is C17H28N2O3. The molecule has 0 radical (unpaired) electrons. The van der Waals surface area contributed by atoms with Crippen LogP contribution in [0.2, 0.25) is 0 Å². The molecule has 2 atom stereocenters. The Hall–Kier alpha value is -1.17. The normalized spacial score (nSPS) is 26.3. The van der Waals surface area contributed by atoms with Gasteiger partial charge in [-0.3, -0.25) is 9.69 Å². The number of H-pyrrole nitrogens is 1. The van der Waals surface area contributed by atoms with Crippen LogP contribution in [0.5, 0.6) is 0 Å². The summed E-state index contributed by atoms with van der Waals surface area (Å²) in [5, 5.41) is 20.2. The Morgan fingerprint density at radius 1 is 1.45 bits per heavy atom. The molecule has 0 aromatic carbocycles. The molecule has 1 aliphatic heterocycles. The highest BCUT2D eigenvalue weighted by molar-refractivity contribution is 5.23. The zero-order chi connectivity index (χ0) is 16.3. The minimum absolute atomic E-state index is 0.0379. The van der Waals surface area contributed by atoms with Crippen molar-refractivity contribution in [3.05, 3.63) is 33.2 Å². The molecule has 1 saturated heterocycles. The van der Waals surface area contributed by atoms with Crippen molar-refractivity contribution in [3.8, 4) is 0 Å². The summed E-state index contributed by atoms with van der Waals surface area (Å²) in [6.07, 6.45) is 3.82. The zero-order valence-electron chi connectivity index (χ0n) is 13.9. The van der Waals surface area contributed by atoms with E-state index >= 15 is 0 Å². The molecule has 1 aromatic rings. The van der Waals surface area contributed by atoms with E-state index in [0.717, 1.165) is 42.6 Å². The SMILES string of the molecule is CCC[C@]1(CO)CCN(Cc2[nH]cc(C)c(=O)c2C)C[C@H]1O. The minimum atomic E-state index is -0.524. The standard InChI is InChI=1S/C17H28N2O3/c1-4-5-17(11-20)6-7-19(10-15(17)21)9-14-13(3)16(22)12(2)8-18-14/h8,15,20-21H,4-7,9-11H2,1-3H3,(H,18,22)/t15-,17-/m1/s1. The fraction of sp³-hybridized carbons (Fsp3) is 0.706. The van der Waals surface area contributed by atoms with E-state index in [1.165, 1.54) is 0 Å². The number of hydrogen-bond acceptors (Lipinski definition) is 4. The van der Waals surface area contributed by atoms with Gasteiger partial charge in [0.2, 0.25) is 0 Å². The zero-order valence-corrected chi connectivity index (χ0v) is 13.9. The molecule has 1 aliphatic rings. The molecule has 3 N–H and O–H groups in total. The van der Waals surface area contributed by atoms with Gasteiger partial charge in [0.1, 0.15) is 0 Å². The Kier molecular flexibility index (Phi) is 5.42. The predicted molar refractivity (Wildman–Crippen MR) is 86.9 cm³/mol. The molecule has 1 fully saturated rings. The third kappa shape index (κ3) is 3.26. The lowest BCUT2D eigenvalue weighted by Crippen LogP contribution is -2.52. The first-order chi connectivity index (χ1) is 10.4. The number of pyridine rings is 1. The van der Waals surface area contributed by atoms with Crippen molar-refractivity contribution in [3.63, 3.8) is 0 Å². The summed E-state index contributed by atoms with van der Waals surface area (Å²) in [6, 6.07) is 0. The average molecular weight is 308 g/mol. The molecule has 0 unspecified atom stereocenters. The second kappa shape index (κ2) is 6.94. The number of β-amino-alcohol motifs (C(OH)–C–C–N with tert-alkyl or cyclic N) is 1. The van der Waals surface area contributed by atoms with Crippen molar-refractivity contribution < 1.29 is 10.2 Å². The van der Waals surface area contributed by atoms with E-state index in [0.29, 0.717) is 13.1 Å². The Labute approximate surface area is 132 Å². The van der Waals surface area contributed by atoms with Crippen molar-refractivity contribution >= 4 is 0 Å². The quantitative estimate of drug-likeness (QED) is 0.767. The van der Waals surface area contributed by atoms with Crippen LogP contribution in [0.4, 0.5) is 0 Å². The summed E-state index contributed by atoms with van der Waals surface area (Å²) in [5.41, 5.74) is 2.11. The van der Waals surface area contributed by atoms with Gasteiger partial charge in [0.15, 0.2) is 5.43 Å². The smallest absolute Gasteiger partial charge is 0.187 e. The number of likely N-dealkylation sites (tertiary alicyclic amines) is 1. The van der Waals surface area contributed by atoms with Gasteiger partial charge < -0.3 is 15.2 Å². The molecule has 2 rings (SSSR count). The lowest BCUT2D eigenvalue weighted by atomic mass is 9.73. The van der Waals surface area contributed by atoms with Crippen LogP contribution in [0.3, 0.4) is 0 Å². The molecule has 2 heterocycles. The topological polar surface area (TPSA) is 76.6 Å². The maximum Gasteiger partial charge on any atom is 0.187 e.